The number of hydrogen-bond acceptors (Lipinski definition) is 5. The molecule has 1 saturated heterocycles. The number of benzene rings is 2. The van der Waals surface area contributed by atoms with Crippen molar-refractivity contribution in [3.05, 3.63) is 65.5 Å². The molecule has 7 heteroatoms. The molecule has 1 aromatic heterocycles. The van der Waals surface area contributed by atoms with Gasteiger partial charge in [0, 0.05) is 25.2 Å². The van der Waals surface area contributed by atoms with Gasteiger partial charge >= 0.3 is 0 Å². The number of hydrogen-bond donors (Lipinski definition) is 0. The van der Waals surface area contributed by atoms with Crippen molar-refractivity contribution in [1.29, 1.82) is 0 Å². The van der Waals surface area contributed by atoms with E-state index >= 15 is 0 Å². The van der Waals surface area contributed by atoms with Gasteiger partial charge in [0.25, 0.3) is 0 Å². The van der Waals surface area contributed by atoms with E-state index in [9.17, 15) is 0 Å². The Bertz CT molecular complexity index is 829. The molecule has 4 rings (SSSR count). The Morgan fingerprint density at radius 3 is 2.33 bits per heavy atom. The van der Waals surface area contributed by atoms with Gasteiger partial charge in [-0.2, -0.15) is 4.98 Å². The molecule has 5 nitrogen and oxygen atoms in total. The Hall–Kier alpha value is -1.80. The summed E-state index contributed by atoms with van der Waals surface area (Å²) in [6.07, 6.45) is 0. The minimum absolute atomic E-state index is 0. The molecule has 0 radical (unpaired) electrons. The summed E-state index contributed by atoms with van der Waals surface area (Å²) in [4.78, 5) is 12.8. The van der Waals surface area contributed by atoms with Crippen molar-refractivity contribution in [3.63, 3.8) is 0 Å². The standard InChI is InChI=1S/C20H22N4OS.BrH/c1-3-7-17(8-4-1)19-22-20(21-11-12-23-13-15-25-16-14-23)26-24(19)18-9-5-2-6-10-18;/h1-10H,11-16H2;1H. The number of aromatic nitrogens is 2. The Kier molecular flexibility index (Phi) is 7.34. The van der Waals surface area contributed by atoms with Crippen LogP contribution in [0.15, 0.2) is 65.7 Å². The molecular weight excluding hydrogens is 424 g/mol. The average molecular weight is 447 g/mol. The zero-order valence-corrected chi connectivity index (χ0v) is 17.6. The summed E-state index contributed by atoms with van der Waals surface area (Å²) >= 11 is 1.59. The largest absolute Gasteiger partial charge is 0.379 e. The van der Waals surface area contributed by atoms with Gasteiger partial charge in [0.1, 0.15) is 0 Å². The Labute approximate surface area is 173 Å². The molecule has 1 aliphatic heterocycles. The van der Waals surface area contributed by atoms with Gasteiger partial charge in [0.15, 0.2) is 5.82 Å². The summed E-state index contributed by atoms with van der Waals surface area (Å²) in [5.74, 6) is 0.937. The molecule has 0 N–H and O–H groups in total. The summed E-state index contributed by atoms with van der Waals surface area (Å²) < 4.78 is 7.55. The topological polar surface area (TPSA) is 42.6 Å². The van der Waals surface area contributed by atoms with Crippen LogP contribution in [0, 0.1) is 0 Å². The Morgan fingerprint density at radius 1 is 0.963 bits per heavy atom. The maximum absolute atomic E-state index is 5.40. The van der Waals surface area contributed by atoms with Gasteiger partial charge in [-0.3, -0.25) is 9.89 Å². The molecule has 0 amide bonds. The van der Waals surface area contributed by atoms with Crippen LogP contribution in [0.5, 0.6) is 0 Å². The zero-order valence-electron chi connectivity index (χ0n) is 15.0. The molecule has 1 aliphatic rings. The van der Waals surface area contributed by atoms with E-state index in [0.29, 0.717) is 0 Å². The van der Waals surface area contributed by atoms with Gasteiger partial charge in [0.05, 0.1) is 25.4 Å². The molecule has 142 valence electrons. The number of morpholine rings is 1. The fourth-order valence-electron chi connectivity index (χ4n) is 2.96. The van der Waals surface area contributed by atoms with Crippen LogP contribution in [0.1, 0.15) is 0 Å². The second-order valence-electron chi connectivity index (χ2n) is 6.14. The number of nitrogens with zero attached hydrogens (tertiary/aromatic N) is 4. The van der Waals surface area contributed by atoms with Crippen LogP contribution in [0.4, 0.5) is 0 Å². The first-order chi connectivity index (χ1) is 12.9. The van der Waals surface area contributed by atoms with Gasteiger partial charge in [0.2, 0.25) is 4.80 Å². The van der Waals surface area contributed by atoms with E-state index in [1.807, 2.05) is 36.4 Å². The first kappa shape index (κ1) is 19.9. The average Bonchev–Trinajstić information content (AvgIpc) is 3.14. The van der Waals surface area contributed by atoms with E-state index in [2.05, 4.69) is 33.1 Å². The summed E-state index contributed by atoms with van der Waals surface area (Å²) in [7, 11) is 0. The first-order valence-corrected chi connectivity index (χ1v) is 9.69. The summed E-state index contributed by atoms with van der Waals surface area (Å²) in [6.45, 7) is 5.34. The van der Waals surface area contributed by atoms with E-state index in [-0.39, 0.29) is 17.0 Å². The monoisotopic (exact) mass is 446 g/mol. The number of ether oxygens (including phenoxy) is 1. The minimum Gasteiger partial charge on any atom is -0.379 e. The predicted molar refractivity (Wildman–Crippen MR) is 115 cm³/mol. The normalized spacial score (nSPS) is 15.5. The highest BCUT2D eigenvalue weighted by atomic mass is 79.9. The van der Waals surface area contributed by atoms with Crippen LogP contribution >= 0.6 is 28.5 Å². The van der Waals surface area contributed by atoms with Gasteiger partial charge in [-0.1, -0.05) is 48.5 Å². The van der Waals surface area contributed by atoms with E-state index < -0.39 is 0 Å². The highest BCUT2D eigenvalue weighted by Crippen LogP contribution is 2.21. The van der Waals surface area contributed by atoms with E-state index in [0.717, 1.165) is 61.3 Å². The van der Waals surface area contributed by atoms with Crippen molar-refractivity contribution in [2.75, 3.05) is 39.4 Å². The maximum atomic E-state index is 5.40. The lowest BCUT2D eigenvalue weighted by Crippen LogP contribution is -2.37. The van der Waals surface area contributed by atoms with E-state index in [4.69, 9.17) is 14.7 Å². The molecule has 27 heavy (non-hydrogen) atoms. The predicted octanol–water partition coefficient (Wildman–Crippen LogP) is 3.41. The maximum Gasteiger partial charge on any atom is 0.223 e. The van der Waals surface area contributed by atoms with Crippen molar-refractivity contribution in [3.8, 4) is 17.1 Å². The highest BCUT2D eigenvalue weighted by molar-refractivity contribution is 8.93. The van der Waals surface area contributed by atoms with Gasteiger partial charge in [-0.15, -0.1) is 17.0 Å². The van der Waals surface area contributed by atoms with Crippen molar-refractivity contribution >= 4 is 28.5 Å². The molecule has 2 heterocycles. The molecule has 0 bridgehead atoms. The number of halogens is 1. The van der Waals surface area contributed by atoms with Crippen LogP contribution in [-0.2, 0) is 4.74 Å². The summed E-state index contributed by atoms with van der Waals surface area (Å²) in [5, 5.41) is 0. The van der Waals surface area contributed by atoms with Crippen molar-refractivity contribution in [2.24, 2.45) is 4.99 Å². The summed E-state index contributed by atoms with van der Waals surface area (Å²) in [6, 6.07) is 20.6. The third-order valence-corrected chi connectivity index (χ3v) is 5.31. The van der Waals surface area contributed by atoms with Crippen molar-refractivity contribution in [1.82, 2.24) is 13.8 Å². The molecular formula is C20H23BrN4OS. The van der Waals surface area contributed by atoms with E-state index in [1.54, 1.807) is 11.5 Å². The number of rotatable bonds is 5. The third-order valence-electron chi connectivity index (χ3n) is 4.36. The quantitative estimate of drug-likeness (QED) is 0.602. The second-order valence-corrected chi connectivity index (χ2v) is 7.05. The van der Waals surface area contributed by atoms with Crippen LogP contribution in [0.2, 0.25) is 0 Å². The molecule has 3 aromatic rings. The molecule has 0 aliphatic carbocycles. The van der Waals surface area contributed by atoms with Crippen LogP contribution in [-0.4, -0.2) is 53.2 Å². The van der Waals surface area contributed by atoms with Gasteiger partial charge < -0.3 is 4.74 Å². The second kappa shape index (κ2) is 9.94. The molecule has 2 aromatic carbocycles. The molecule has 0 atom stereocenters. The smallest absolute Gasteiger partial charge is 0.223 e. The molecule has 0 spiro atoms. The lowest BCUT2D eigenvalue weighted by Gasteiger charge is -2.25. The lowest BCUT2D eigenvalue weighted by atomic mass is 10.2. The van der Waals surface area contributed by atoms with Crippen molar-refractivity contribution < 1.29 is 4.74 Å². The fraction of sp³-hybridized carbons (Fsp3) is 0.300. The van der Waals surface area contributed by atoms with E-state index in [1.165, 1.54) is 0 Å². The van der Waals surface area contributed by atoms with Gasteiger partial charge in [-0.25, -0.2) is 3.96 Å². The fourth-order valence-corrected chi connectivity index (χ4v) is 3.86. The van der Waals surface area contributed by atoms with Gasteiger partial charge in [-0.05, 0) is 23.7 Å². The van der Waals surface area contributed by atoms with Crippen LogP contribution in [0.3, 0.4) is 0 Å². The lowest BCUT2D eigenvalue weighted by molar-refractivity contribution is 0.0394. The molecule has 1 fully saturated rings. The third kappa shape index (κ3) is 5.13. The Morgan fingerprint density at radius 2 is 1.63 bits per heavy atom. The molecule has 0 unspecified atom stereocenters. The summed E-state index contributed by atoms with van der Waals surface area (Å²) in [5.41, 5.74) is 2.21. The zero-order chi connectivity index (χ0) is 17.6. The van der Waals surface area contributed by atoms with Crippen molar-refractivity contribution in [2.45, 2.75) is 0 Å². The highest BCUT2D eigenvalue weighted by Gasteiger charge is 2.11. The minimum atomic E-state index is 0. The van der Waals surface area contributed by atoms with Crippen LogP contribution in [0.25, 0.3) is 17.1 Å². The number of para-hydroxylation sites is 1. The van der Waals surface area contributed by atoms with Crippen LogP contribution < -0.4 is 4.80 Å². The first-order valence-electron chi connectivity index (χ1n) is 8.92. The Balaban J connectivity index is 0.00000210. The molecule has 0 saturated carbocycles. The SMILES string of the molecule is Br.c1ccc(-c2nc(=NCCN3CCOCC3)sn2-c2ccccc2)cc1.